The molecule has 1 heterocycles. The first-order valence-electron chi connectivity index (χ1n) is 6.15. The van der Waals surface area contributed by atoms with Crippen LogP contribution >= 0.6 is 0 Å². The summed E-state index contributed by atoms with van der Waals surface area (Å²) >= 11 is 0. The molecule has 0 amide bonds. The molecule has 2 heteroatoms. The molecule has 0 saturated carbocycles. The number of hydrogen-bond donors (Lipinski definition) is 1. The second-order valence-electron chi connectivity index (χ2n) is 4.28. The van der Waals surface area contributed by atoms with Gasteiger partial charge in [0.1, 0.15) is 5.75 Å². The van der Waals surface area contributed by atoms with Crippen molar-refractivity contribution in [3.8, 4) is 28.1 Å². The molecule has 0 spiro atoms. The average molecular weight is 247 g/mol. The van der Waals surface area contributed by atoms with Crippen LogP contribution in [0.5, 0.6) is 5.75 Å². The van der Waals surface area contributed by atoms with Crippen molar-refractivity contribution in [3.63, 3.8) is 0 Å². The highest BCUT2D eigenvalue weighted by molar-refractivity contribution is 5.84. The van der Waals surface area contributed by atoms with Gasteiger partial charge >= 0.3 is 0 Å². The third-order valence-corrected chi connectivity index (χ3v) is 3.06. The minimum absolute atomic E-state index is 0.283. The van der Waals surface area contributed by atoms with Crippen molar-refractivity contribution in [2.45, 2.75) is 0 Å². The van der Waals surface area contributed by atoms with Crippen LogP contribution in [0.2, 0.25) is 0 Å². The van der Waals surface area contributed by atoms with E-state index in [0.717, 1.165) is 22.4 Å². The third-order valence-electron chi connectivity index (χ3n) is 3.06. The van der Waals surface area contributed by atoms with Crippen LogP contribution in [-0.2, 0) is 0 Å². The topological polar surface area (TPSA) is 33.1 Å². The van der Waals surface area contributed by atoms with Gasteiger partial charge in [-0.15, -0.1) is 0 Å². The predicted octanol–water partition coefficient (Wildman–Crippen LogP) is 4.12. The molecule has 0 fully saturated rings. The maximum Gasteiger partial charge on any atom is 0.123 e. The van der Waals surface area contributed by atoms with Crippen LogP contribution in [0.3, 0.4) is 0 Å². The van der Waals surface area contributed by atoms with E-state index in [1.165, 1.54) is 0 Å². The zero-order valence-corrected chi connectivity index (χ0v) is 10.3. The Kier molecular flexibility index (Phi) is 2.99. The fourth-order valence-electron chi connectivity index (χ4n) is 2.16. The highest BCUT2D eigenvalue weighted by Gasteiger charge is 2.10. The van der Waals surface area contributed by atoms with Crippen LogP contribution in [0.1, 0.15) is 0 Å². The minimum Gasteiger partial charge on any atom is -0.507 e. The quantitative estimate of drug-likeness (QED) is 0.738. The highest BCUT2D eigenvalue weighted by atomic mass is 16.3. The number of aromatic hydroxyl groups is 1. The summed E-state index contributed by atoms with van der Waals surface area (Å²) in [6.45, 7) is 0. The average Bonchev–Trinajstić information content (AvgIpc) is 2.49. The number of phenols is 1. The van der Waals surface area contributed by atoms with Gasteiger partial charge in [0.2, 0.25) is 0 Å². The van der Waals surface area contributed by atoms with Crippen LogP contribution in [0.25, 0.3) is 22.4 Å². The van der Waals surface area contributed by atoms with E-state index in [4.69, 9.17) is 0 Å². The maximum atomic E-state index is 10.0. The Hall–Kier alpha value is -2.61. The highest BCUT2D eigenvalue weighted by Crippen LogP contribution is 2.35. The van der Waals surface area contributed by atoms with Crippen molar-refractivity contribution >= 4 is 0 Å². The van der Waals surface area contributed by atoms with Gasteiger partial charge in [-0.3, -0.25) is 4.98 Å². The second kappa shape index (κ2) is 4.94. The number of rotatable bonds is 2. The first-order valence-corrected chi connectivity index (χ1v) is 6.15. The molecule has 92 valence electrons. The van der Waals surface area contributed by atoms with Gasteiger partial charge in [0, 0.05) is 17.3 Å². The summed E-state index contributed by atoms with van der Waals surface area (Å²) in [5, 5.41) is 10.0. The van der Waals surface area contributed by atoms with E-state index in [0.29, 0.717) is 0 Å². The summed E-state index contributed by atoms with van der Waals surface area (Å²) < 4.78 is 0. The fourth-order valence-corrected chi connectivity index (χ4v) is 2.16. The van der Waals surface area contributed by atoms with E-state index >= 15 is 0 Å². The smallest absolute Gasteiger partial charge is 0.123 e. The Bertz CT molecular complexity index is 692. The Morgan fingerprint density at radius 2 is 1.26 bits per heavy atom. The Balaban J connectivity index is 2.21. The van der Waals surface area contributed by atoms with Crippen LogP contribution in [-0.4, -0.2) is 10.1 Å². The number of benzene rings is 2. The fraction of sp³-hybridized carbons (Fsp3) is 0. The molecule has 0 bridgehead atoms. The standard InChI is InChI=1S/C17H13NO/c19-17-11-4-3-9-15(17)13-7-1-2-8-14(13)16-10-5-6-12-18-16/h1-12,19H. The van der Waals surface area contributed by atoms with Crippen molar-refractivity contribution in [1.29, 1.82) is 0 Å². The van der Waals surface area contributed by atoms with E-state index in [2.05, 4.69) is 4.98 Å². The van der Waals surface area contributed by atoms with Gasteiger partial charge < -0.3 is 5.11 Å². The molecular weight excluding hydrogens is 234 g/mol. The van der Waals surface area contributed by atoms with E-state index in [1.807, 2.05) is 60.7 Å². The van der Waals surface area contributed by atoms with Gasteiger partial charge in [-0.2, -0.15) is 0 Å². The first kappa shape index (κ1) is 11.5. The molecule has 0 saturated heterocycles. The van der Waals surface area contributed by atoms with Crippen LogP contribution < -0.4 is 0 Å². The SMILES string of the molecule is Oc1ccccc1-c1ccccc1-c1ccccn1. The number of para-hydroxylation sites is 1. The molecule has 1 N–H and O–H groups in total. The zero-order chi connectivity index (χ0) is 13.1. The normalized spacial score (nSPS) is 10.3. The van der Waals surface area contributed by atoms with E-state index in [9.17, 15) is 5.11 Å². The lowest BCUT2D eigenvalue weighted by atomic mass is 9.97. The number of hydrogen-bond acceptors (Lipinski definition) is 2. The van der Waals surface area contributed by atoms with E-state index in [-0.39, 0.29) is 5.75 Å². The lowest BCUT2D eigenvalue weighted by molar-refractivity contribution is 0.477. The Labute approximate surface area is 112 Å². The van der Waals surface area contributed by atoms with Crippen molar-refractivity contribution < 1.29 is 5.11 Å². The van der Waals surface area contributed by atoms with Gasteiger partial charge in [0.15, 0.2) is 0 Å². The summed E-state index contributed by atoms with van der Waals surface area (Å²) in [5.74, 6) is 0.283. The molecule has 3 aromatic rings. The van der Waals surface area contributed by atoms with Gasteiger partial charge in [-0.1, -0.05) is 48.5 Å². The predicted molar refractivity (Wildman–Crippen MR) is 76.8 cm³/mol. The summed E-state index contributed by atoms with van der Waals surface area (Å²) in [5.41, 5.74) is 3.73. The molecule has 0 radical (unpaired) electrons. The second-order valence-corrected chi connectivity index (χ2v) is 4.28. The van der Waals surface area contributed by atoms with Gasteiger partial charge in [-0.25, -0.2) is 0 Å². The van der Waals surface area contributed by atoms with Crippen molar-refractivity contribution in [2.24, 2.45) is 0 Å². The van der Waals surface area contributed by atoms with Crippen LogP contribution in [0, 0.1) is 0 Å². The minimum atomic E-state index is 0.283. The van der Waals surface area contributed by atoms with Crippen LogP contribution in [0.15, 0.2) is 72.9 Å². The largest absolute Gasteiger partial charge is 0.507 e. The Morgan fingerprint density at radius 3 is 1.95 bits per heavy atom. The van der Waals surface area contributed by atoms with Gasteiger partial charge in [0.05, 0.1) is 5.69 Å². The molecule has 0 aliphatic heterocycles. The molecule has 1 aromatic heterocycles. The molecule has 0 unspecified atom stereocenters. The lowest BCUT2D eigenvalue weighted by Crippen LogP contribution is -1.87. The van der Waals surface area contributed by atoms with E-state index in [1.54, 1.807) is 12.3 Å². The molecule has 3 rings (SSSR count). The van der Waals surface area contributed by atoms with Gasteiger partial charge in [0.25, 0.3) is 0 Å². The third kappa shape index (κ3) is 2.20. The number of pyridine rings is 1. The molecule has 0 aliphatic rings. The molecule has 19 heavy (non-hydrogen) atoms. The number of phenolic OH excluding ortho intramolecular Hbond substituents is 1. The van der Waals surface area contributed by atoms with Crippen LogP contribution in [0.4, 0.5) is 0 Å². The Morgan fingerprint density at radius 1 is 0.632 bits per heavy atom. The first-order chi connectivity index (χ1) is 9.36. The summed E-state index contributed by atoms with van der Waals surface area (Å²) in [4.78, 5) is 4.38. The summed E-state index contributed by atoms with van der Waals surface area (Å²) in [6.07, 6.45) is 1.77. The maximum absolute atomic E-state index is 10.0. The zero-order valence-electron chi connectivity index (χ0n) is 10.3. The van der Waals surface area contributed by atoms with Crippen molar-refractivity contribution in [1.82, 2.24) is 4.98 Å². The van der Waals surface area contributed by atoms with Crippen molar-refractivity contribution in [2.75, 3.05) is 0 Å². The number of aromatic nitrogens is 1. The molecule has 2 nitrogen and oxygen atoms in total. The molecule has 2 aromatic carbocycles. The molecule has 0 atom stereocenters. The molecular formula is C17H13NO. The summed E-state index contributed by atoms with van der Waals surface area (Å²) in [6, 6.07) is 21.1. The monoisotopic (exact) mass is 247 g/mol. The lowest BCUT2D eigenvalue weighted by Gasteiger charge is -2.10. The van der Waals surface area contributed by atoms with Gasteiger partial charge in [-0.05, 0) is 23.8 Å². The summed E-state index contributed by atoms with van der Waals surface area (Å²) in [7, 11) is 0. The molecule has 0 aliphatic carbocycles. The van der Waals surface area contributed by atoms with E-state index < -0.39 is 0 Å². The number of nitrogens with zero attached hydrogens (tertiary/aromatic N) is 1. The van der Waals surface area contributed by atoms with Crippen molar-refractivity contribution in [3.05, 3.63) is 72.9 Å².